The van der Waals surface area contributed by atoms with Crippen LogP contribution < -0.4 is 0 Å². The zero-order valence-corrected chi connectivity index (χ0v) is 6.60. The van der Waals surface area contributed by atoms with Crippen molar-refractivity contribution in [3.8, 4) is 0 Å². The van der Waals surface area contributed by atoms with Gasteiger partial charge in [-0.05, 0) is 6.07 Å². The fourth-order valence-corrected chi connectivity index (χ4v) is 1.26. The number of nitrogens with zero attached hydrogens (tertiary/aromatic N) is 4. The molecule has 0 radical (unpaired) electrons. The molecule has 0 amide bonds. The van der Waals surface area contributed by atoms with Gasteiger partial charge in [-0.1, -0.05) is 0 Å². The Morgan fingerprint density at radius 3 is 3.08 bits per heavy atom. The first-order valence-electron chi connectivity index (χ1n) is 3.84. The molecule has 5 heteroatoms. The van der Waals surface area contributed by atoms with Crippen LogP contribution in [0.15, 0.2) is 24.8 Å². The van der Waals surface area contributed by atoms with Gasteiger partial charge in [0.2, 0.25) is 0 Å². The molecular formula is C8H5N5. The van der Waals surface area contributed by atoms with Gasteiger partial charge in [0.25, 0.3) is 0 Å². The van der Waals surface area contributed by atoms with Crippen LogP contribution in [-0.2, 0) is 0 Å². The molecule has 62 valence electrons. The van der Waals surface area contributed by atoms with Crippen LogP contribution >= 0.6 is 0 Å². The number of aromatic amines is 1. The molecule has 0 aliphatic rings. The molecule has 0 unspecified atom stereocenters. The molecule has 0 aliphatic heterocycles. The van der Waals surface area contributed by atoms with Gasteiger partial charge in [-0.25, -0.2) is 19.9 Å². The number of hydrogen-bond donors (Lipinski definition) is 1. The number of fused-ring (bicyclic) bond motifs is 2. The Hall–Kier alpha value is -2.04. The van der Waals surface area contributed by atoms with E-state index >= 15 is 0 Å². The second-order valence-electron chi connectivity index (χ2n) is 2.67. The lowest BCUT2D eigenvalue weighted by molar-refractivity contribution is 1.23. The number of rotatable bonds is 0. The largest absolute Gasteiger partial charge is 0.357 e. The number of pyridine rings is 1. The predicted molar refractivity (Wildman–Crippen MR) is 47.0 cm³/mol. The van der Waals surface area contributed by atoms with Crippen molar-refractivity contribution >= 4 is 22.3 Å². The van der Waals surface area contributed by atoms with E-state index in [0.29, 0.717) is 11.3 Å². The van der Waals surface area contributed by atoms with E-state index in [0.717, 1.165) is 11.0 Å². The maximum Gasteiger partial charge on any atom is 0.181 e. The molecule has 13 heavy (non-hydrogen) atoms. The summed E-state index contributed by atoms with van der Waals surface area (Å²) >= 11 is 0. The molecule has 0 atom stereocenters. The van der Waals surface area contributed by atoms with E-state index in [9.17, 15) is 0 Å². The monoisotopic (exact) mass is 171 g/mol. The molecule has 0 spiro atoms. The van der Waals surface area contributed by atoms with Gasteiger partial charge in [0.1, 0.15) is 11.8 Å². The van der Waals surface area contributed by atoms with Gasteiger partial charge in [-0.15, -0.1) is 0 Å². The average molecular weight is 171 g/mol. The summed E-state index contributed by atoms with van der Waals surface area (Å²) in [5.74, 6) is 0. The van der Waals surface area contributed by atoms with Gasteiger partial charge in [0.15, 0.2) is 11.3 Å². The highest BCUT2D eigenvalue weighted by atomic mass is 15.0. The Morgan fingerprint density at radius 2 is 2.08 bits per heavy atom. The molecule has 0 aliphatic carbocycles. The third-order valence-corrected chi connectivity index (χ3v) is 1.85. The highest BCUT2D eigenvalue weighted by Crippen LogP contribution is 2.11. The minimum Gasteiger partial charge on any atom is -0.357 e. The summed E-state index contributed by atoms with van der Waals surface area (Å²) in [7, 11) is 0. The number of nitrogens with one attached hydrogen (secondary N) is 1. The van der Waals surface area contributed by atoms with Crippen LogP contribution in [0.5, 0.6) is 0 Å². The molecule has 1 N–H and O–H groups in total. The summed E-state index contributed by atoms with van der Waals surface area (Å²) in [5, 5.41) is 0. The minimum atomic E-state index is 0.639. The third-order valence-electron chi connectivity index (χ3n) is 1.85. The zero-order valence-electron chi connectivity index (χ0n) is 6.60. The number of hydrogen-bond acceptors (Lipinski definition) is 4. The summed E-state index contributed by atoms with van der Waals surface area (Å²) < 4.78 is 0. The van der Waals surface area contributed by atoms with Crippen LogP contribution in [0.4, 0.5) is 0 Å². The second-order valence-corrected chi connectivity index (χ2v) is 2.67. The van der Waals surface area contributed by atoms with E-state index in [-0.39, 0.29) is 0 Å². The first kappa shape index (κ1) is 6.47. The molecular weight excluding hydrogens is 166 g/mol. The van der Waals surface area contributed by atoms with Crippen LogP contribution in [0, 0.1) is 0 Å². The quantitative estimate of drug-likeness (QED) is 0.545. The molecule has 3 heterocycles. The van der Waals surface area contributed by atoms with E-state index in [4.69, 9.17) is 0 Å². The Bertz CT molecular complexity index is 521. The molecule has 0 bridgehead atoms. The lowest BCUT2D eigenvalue weighted by atomic mass is 10.4. The fourth-order valence-electron chi connectivity index (χ4n) is 1.26. The molecule has 0 aromatic carbocycles. The molecule has 0 saturated carbocycles. The average Bonchev–Trinajstić information content (AvgIpc) is 2.61. The lowest BCUT2D eigenvalue weighted by Crippen LogP contribution is -1.86. The van der Waals surface area contributed by atoms with E-state index in [1.807, 2.05) is 6.07 Å². The third kappa shape index (κ3) is 0.868. The lowest BCUT2D eigenvalue weighted by Gasteiger charge is -1.94. The van der Waals surface area contributed by atoms with Crippen molar-refractivity contribution in [2.24, 2.45) is 0 Å². The fraction of sp³-hybridized carbons (Fsp3) is 0. The molecule has 3 aromatic heterocycles. The molecule has 0 fully saturated rings. The van der Waals surface area contributed by atoms with Gasteiger partial charge in [0, 0.05) is 12.4 Å². The summed E-state index contributed by atoms with van der Waals surface area (Å²) in [6, 6.07) is 1.89. The van der Waals surface area contributed by atoms with Crippen LogP contribution in [0.25, 0.3) is 22.3 Å². The first-order valence-corrected chi connectivity index (χ1v) is 3.84. The molecule has 0 saturated heterocycles. The van der Waals surface area contributed by atoms with Crippen LogP contribution in [-0.4, -0.2) is 24.9 Å². The van der Waals surface area contributed by atoms with Crippen LogP contribution in [0.3, 0.4) is 0 Å². The Balaban J connectivity index is 2.57. The van der Waals surface area contributed by atoms with Gasteiger partial charge < -0.3 is 4.98 Å². The highest BCUT2D eigenvalue weighted by molar-refractivity contribution is 5.84. The summed E-state index contributed by atoms with van der Waals surface area (Å²) in [4.78, 5) is 19.4. The van der Waals surface area contributed by atoms with Crippen molar-refractivity contribution in [3.63, 3.8) is 0 Å². The van der Waals surface area contributed by atoms with Crippen molar-refractivity contribution in [1.29, 1.82) is 0 Å². The number of imidazole rings is 1. The Labute approximate surface area is 72.9 Å². The summed E-state index contributed by atoms with van der Waals surface area (Å²) in [6.07, 6.45) is 4.92. The van der Waals surface area contributed by atoms with E-state index in [2.05, 4.69) is 24.9 Å². The van der Waals surface area contributed by atoms with Gasteiger partial charge in [-0.3, -0.25) is 0 Å². The number of aromatic nitrogens is 5. The van der Waals surface area contributed by atoms with Gasteiger partial charge >= 0.3 is 0 Å². The SMILES string of the molecule is c1nc2cc3[nH]ccnc3nc2n1. The van der Waals surface area contributed by atoms with Crippen molar-refractivity contribution in [3.05, 3.63) is 24.8 Å². The van der Waals surface area contributed by atoms with Gasteiger partial charge in [-0.2, -0.15) is 0 Å². The second kappa shape index (κ2) is 2.22. The smallest absolute Gasteiger partial charge is 0.181 e. The standard InChI is InChI=1S/C8H5N5/c1-2-10-7-5(9-1)3-6-8(13-7)12-4-11-6/h1-4,9H. The molecule has 5 nitrogen and oxygen atoms in total. The van der Waals surface area contributed by atoms with E-state index in [1.54, 1.807) is 12.4 Å². The Kier molecular flexibility index (Phi) is 1.11. The van der Waals surface area contributed by atoms with Crippen molar-refractivity contribution in [2.45, 2.75) is 0 Å². The van der Waals surface area contributed by atoms with Crippen LogP contribution in [0.2, 0.25) is 0 Å². The molecule has 3 rings (SSSR count). The highest BCUT2D eigenvalue weighted by Gasteiger charge is 2.01. The van der Waals surface area contributed by atoms with Crippen molar-refractivity contribution in [2.75, 3.05) is 0 Å². The van der Waals surface area contributed by atoms with Crippen molar-refractivity contribution in [1.82, 2.24) is 24.9 Å². The van der Waals surface area contributed by atoms with Gasteiger partial charge in [0.05, 0.1) is 5.52 Å². The minimum absolute atomic E-state index is 0.639. The van der Waals surface area contributed by atoms with Crippen LogP contribution in [0.1, 0.15) is 0 Å². The van der Waals surface area contributed by atoms with Crippen molar-refractivity contribution < 1.29 is 0 Å². The first-order chi connectivity index (χ1) is 6.43. The zero-order chi connectivity index (χ0) is 8.67. The van der Waals surface area contributed by atoms with E-state index < -0.39 is 0 Å². The predicted octanol–water partition coefficient (Wildman–Crippen LogP) is 0.901. The maximum absolute atomic E-state index is 4.22. The topological polar surface area (TPSA) is 67.3 Å². The number of H-pyrrole nitrogens is 1. The van der Waals surface area contributed by atoms with E-state index in [1.165, 1.54) is 6.33 Å². The summed E-state index contributed by atoms with van der Waals surface area (Å²) in [5.41, 5.74) is 2.96. The molecule has 3 aromatic rings. The summed E-state index contributed by atoms with van der Waals surface area (Å²) in [6.45, 7) is 0. The maximum atomic E-state index is 4.22. The Morgan fingerprint density at radius 1 is 1.08 bits per heavy atom. The normalized spacial score (nSPS) is 11.1.